The van der Waals surface area contributed by atoms with Crippen molar-refractivity contribution in [2.45, 2.75) is 11.8 Å². The van der Waals surface area contributed by atoms with Gasteiger partial charge >= 0.3 is 0 Å². The number of hydrogen-bond donors (Lipinski definition) is 0. The summed E-state index contributed by atoms with van der Waals surface area (Å²) < 4.78 is 10.4. The van der Waals surface area contributed by atoms with Gasteiger partial charge in [0.05, 0.1) is 24.2 Å². The zero-order valence-corrected chi connectivity index (χ0v) is 7.74. The molecule has 0 saturated heterocycles. The monoisotopic (exact) mass is 204 g/mol. The van der Waals surface area contributed by atoms with Crippen molar-refractivity contribution >= 4 is 6.29 Å². The van der Waals surface area contributed by atoms with Gasteiger partial charge in [0.25, 0.3) is 0 Å². The second-order valence-corrected chi connectivity index (χ2v) is 3.51. The van der Waals surface area contributed by atoms with Crippen LogP contribution in [-0.4, -0.2) is 16.3 Å². The maximum absolute atomic E-state index is 10.8. The molecule has 1 aliphatic carbocycles. The minimum Gasteiger partial charge on any atom is -0.449 e. The van der Waals surface area contributed by atoms with Crippen LogP contribution in [0.5, 0.6) is 0 Å². The largest absolute Gasteiger partial charge is 0.449 e. The highest BCUT2D eigenvalue weighted by Gasteiger charge is 2.57. The lowest BCUT2D eigenvalue weighted by molar-refractivity contribution is -0.109. The first kappa shape index (κ1) is 8.40. The van der Waals surface area contributed by atoms with E-state index < -0.39 is 0 Å². The van der Waals surface area contributed by atoms with Crippen LogP contribution in [0.4, 0.5) is 0 Å². The lowest BCUT2D eigenvalue weighted by atomic mass is 10.3. The topological polar surface area (TPSA) is 69.1 Å². The van der Waals surface area contributed by atoms with Crippen LogP contribution in [0.25, 0.3) is 0 Å². The molecule has 3 rings (SSSR count). The highest BCUT2D eigenvalue weighted by atomic mass is 16.3. The molecule has 0 amide bonds. The van der Waals surface area contributed by atoms with Gasteiger partial charge in [0.15, 0.2) is 11.8 Å². The van der Waals surface area contributed by atoms with Crippen LogP contribution in [-0.2, 0) is 4.79 Å². The zero-order chi connectivity index (χ0) is 10.3. The maximum Gasteiger partial charge on any atom is 0.198 e. The number of hydrogen-bond acceptors (Lipinski definition) is 5. The van der Waals surface area contributed by atoms with Gasteiger partial charge in [-0.2, -0.15) is 0 Å². The molecule has 0 aromatic carbocycles. The van der Waals surface area contributed by atoms with Crippen LogP contribution < -0.4 is 0 Å². The minimum absolute atomic E-state index is 0.0175. The first-order valence-electron chi connectivity index (χ1n) is 4.66. The van der Waals surface area contributed by atoms with Crippen LogP contribution >= 0.6 is 0 Å². The summed E-state index contributed by atoms with van der Waals surface area (Å²) in [5.74, 6) is 1.00. The lowest BCUT2D eigenvalue weighted by Gasteiger charge is -1.89. The van der Waals surface area contributed by atoms with Gasteiger partial charge in [-0.1, -0.05) is 0 Å². The average Bonchev–Trinajstić information content (AvgIpc) is 2.75. The van der Waals surface area contributed by atoms with E-state index >= 15 is 0 Å². The Labute approximate surface area is 85.1 Å². The molecule has 1 saturated carbocycles. The summed E-state index contributed by atoms with van der Waals surface area (Å²) in [6.07, 6.45) is 7.05. The molecule has 2 atom stereocenters. The third kappa shape index (κ3) is 1.20. The van der Waals surface area contributed by atoms with Crippen molar-refractivity contribution in [1.82, 2.24) is 9.97 Å². The molecule has 15 heavy (non-hydrogen) atoms. The summed E-state index contributed by atoms with van der Waals surface area (Å²) in [4.78, 5) is 18.9. The molecular formula is C10H8N2O3. The third-order valence-electron chi connectivity index (χ3n) is 2.71. The number of oxazole rings is 2. The summed E-state index contributed by atoms with van der Waals surface area (Å²) in [7, 11) is 0. The molecule has 5 nitrogen and oxygen atoms in total. The molecule has 1 aliphatic rings. The highest BCUT2D eigenvalue weighted by Crippen LogP contribution is 2.58. The van der Waals surface area contributed by atoms with E-state index in [-0.39, 0.29) is 17.8 Å². The fourth-order valence-corrected chi connectivity index (χ4v) is 1.94. The van der Waals surface area contributed by atoms with Crippen molar-refractivity contribution < 1.29 is 13.6 Å². The maximum atomic E-state index is 10.8. The van der Waals surface area contributed by atoms with E-state index in [2.05, 4.69) is 9.97 Å². The van der Waals surface area contributed by atoms with E-state index in [0.717, 1.165) is 6.29 Å². The number of carbonyl (C=O) groups excluding carboxylic acids is 1. The van der Waals surface area contributed by atoms with Crippen molar-refractivity contribution in [3.63, 3.8) is 0 Å². The smallest absolute Gasteiger partial charge is 0.198 e. The number of aldehydes is 1. The normalized spacial score (nSPS) is 28.9. The summed E-state index contributed by atoms with van der Waals surface area (Å²) in [6.45, 7) is 0. The predicted molar refractivity (Wildman–Crippen MR) is 48.0 cm³/mol. The van der Waals surface area contributed by atoms with Gasteiger partial charge in [-0.3, -0.25) is 0 Å². The molecular weight excluding hydrogens is 196 g/mol. The molecule has 5 heteroatoms. The van der Waals surface area contributed by atoms with Gasteiger partial charge < -0.3 is 13.6 Å². The van der Waals surface area contributed by atoms with Crippen molar-refractivity contribution in [1.29, 1.82) is 0 Å². The Bertz CT molecular complexity index is 409. The van der Waals surface area contributed by atoms with Gasteiger partial charge in [-0.25, -0.2) is 9.97 Å². The van der Waals surface area contributed by atoms with Crippen molar-refractivity contribution in [3.05, 3.63) is 36.7 Å². The van der Waals surface area contributed by atoms with Crippen LogP contribution in [0.3, 0.4) is 0 Å². The van der Waals surface area contributed by atoms with Crippen LogP contribution in [0, 0.1) is 5.92 Å². The Kier molecular flexibility index (Phi) is 1.71. The van der Waals surface area contributed by atoms with E-state index in [4.69, 9.17) is 8.83 Å². The Morgan fingerprint density at radius 2 is 1.60 bits per heavy atom. The molecule has 2 heterocycles. The first-order chi connectivity index (χ1) is 7.42. The van der Waals surface area contributed by atoms with Gasteiger partial charge in [0, 0.05) is 5.92 Å². The first-order valence-corrected chi connectivity index (χ1v) is 4.66. The molecule has 1 fully saturated rings. The average molecular weight is 204 g/mol. The standard InChI is InChI=1S/C10H8N2O3/c13-5-6-7(9-11-1-3-14-9)8(6)10-12-2-4-15-10/h1-8H. The van der Waals surface area contributed by atoms with Crippen molar-refractivity contribution in [2.75, 3.05) is 0 Å². The number of nitrogens with zero attached hydrogens (tertiary/aromatic N) is 2. The lowest BCUT2D eigenvalue weighted by Crippen LogP contribution is -1.83. The molecule has 76 valence electrons. The SMILES string of the molecule is O=CC1C(c2ncco2)C1c1ncco1. The van der Waals surface area contributed by atoms with E-state index in [9.17, 15) is 4.79 Å². The fourth-order valence-electron chi connectivity index (χ4n) is 1.94. The van der Waals surface area contributed by atoms with Crippen molar-refractivity contribution in [2.24, 2.45) is 5.92 Å². The molecule has 2 aromatic rings. The fraction of sp³-hybridized carbons (Fsp3) is 0.300. The van der Waals surface area contributed by atoms with Crippen molar-refractivity contribution in [3.8, 4) is 0 Å². The molecule has 0 radical (unpaired) electrons. The summed E-state index contributed by atoms with van der Waals surface area (Å²) in [5.41, 5.74) is 0. The van der Waals surface area contributed by atoms with Gasteiger partial charge in [0.2, 0.25) is 0 Å². The summed E-state index contributed by atoms with van der Waals surface area (Å²) >= 11 is 0. The molecule has 0 aliphatic heterocycles. The Balaban J connectivity index is 1.90. The van der Waals surface area contributed by atoms with Crippen LogP contribution in [0.1, 0.15) is 23.6 Å². The van der Waals surface area contributed by atoms with Gasteiger partial charge in [-0.05, 0) is 0 Å². The molecule has 0 bridgehead atoms. The third-order valence-corrected chi connectivity index (χ3v) is 2.71. The predicted octanol–water partition coefficient (Wildman–Crippen LogP) is 1.36. The quantitative estimate of drug-likeness (QED) is 0.706. The molecule has 2 aromatic heterocycles. The van der Waals surface area contributed by atoms with E-state index in [1.807, 2.05) is 0 Å². The Morgan fingerprint density at radius 1 is 1.07 bits per heavy atom. The second-order valence-electron chi connectivity index (χ2n) is 3.51. The van der Waals surface area contributed by atoms with Crippen LogP contribution in [0.2, 0.25) is 0 Å². The summed E-state index contributed by atoms with van der Waals surface area (Å²) in [6, 6.07) is 0. The minimum atomic E-state index is -0.123. The van der Waals surface area contributed by atoms with E-state index in [1.54, 1.807) is 12.4 Å². The Hall–Kier alpha value is -1.91. The van der Waals surface area contributed by atoms with E-state index in [1.165, 1.54) is 12.5 Å². The molecule has 2 unspecified atom stereocenters. The Morgan fingerprint density at radius 3 is 1.93 bits per heavy atom. The molecule has 0 spiro atoms. The number of aromatic nitrogens is 2. The number of carbonyl (C=O) groups is 1. The summed E-state index contributed by atoms with van der Waals surface area (Å²) in [5, 5.41) is 0. The van der Waals surface area contributed by atoms with Crippen LogP contribution in [0.15, 0.2) is 33.8 Å². The zero-order valence-electron chi connectivity index (χ0n) is 7.74. The second kappa shape index (κ2) is 3.05. The highest BCUT2D eigenvalue weighted by molar-refractivity contribution is 5.64. The van der Waals surface area contributed by atoms with Gasteiger partial charge in [0.1, 0.15) is 18.8 Å². The number of rotatable bonds is 3. The van der Waals surface area contributed by atoms with Gasteiger partial charge in [-0.15, -0.1) is 0 Å². The molecule has 0 N–H and O–H groups in total. The van der Waals surface area contributed by atoms with E-state index in [0.29, 0.717) is 11.8 Å².